The number of hydrogen-bond acceptors (Lipinski definition) is 4. The molecule has 2 N–H and O–H groups in total. The van der Waals surface area contributed by atoms with Crippen LogP contribution in [-0.2, 0) is 14.3 Å². The Bertz CT molecular complexity index is 439. The number of nitrogens with zero attached hydrogens (tertiary/aromatic N) is 1. The van der Waals surface area contributed by atoms with Crippen molar-refractivity contribution in [2.75, 3.05) is 13.7 Å². The highest BCUT2D eigenvalue weighted by Gasteiger charge is 2.70. The molecule has 1 amide bonds. The van der Waals surface area contributed by atoms with E-state index in [9.17, 15) is 9.59 Å². The molecule has 0 aromatic heterocycles. The molecule has 1 aliphatic carbocycles. The molecular formula is C15H26N2O3. The molecule has 0 unspecified atom stereocenters. The van der Waals surface area contributed by atoms with Gasteiger partial charge in [0.1, 0.15) is 6.04 Å². The van der Waals surface area contributed by atoms with Crippen molar-refractivity contribution in [2.24, 2.45) is 28.4 Å². The minimum absolute atomic E-state index is 0.113. The largest absolute Gasteiger partial charge is 0.467 e. The number of carbonyl (C=O) groups is 2. The second-order valence-corrected chi connectivity index (χ2v) is 7.76. The second kappa shape index (κ2) is 4.45. The van der Waals surface area contributed by atoms with E-state index < -0.39 is 12.1 Å². The summed E-state index contributed by atoms with van der Waals surface area (Å²) in [4.78, 5) is 26.3. The quantitative estimate of drug-likeness (QED) is 0.767. The van der Waals surface area contributed by atoms with Crippen molar-refractivity contribution in [3.63, 3.8) is 0 Å². The highest BCUT2D eigenvalue weighted by Crippen LogP contribution is 2.65. The molecule has 2 fully saturated rings. The Labute approximate surface area is 120 Å². The topological polar surface area (TPSA) is 72.6 Å². The van der Waals surface area contributed by atoms with Gasteiger partial charge in [-0.2, -0.15) is 0 Å². The molecule has 114 valence electrons. The van der Waals surface area contributed by atoms with Gasteiger partial charge < -0.3 is 15.4 Å². The van der Waals surface area contributed by atoms with Crippen molar-refractivity contribution >= 4 is 11.9 Å². The van der Waals surface area contributed by atoms with E-state index in [1.54, 1.807) is 4.90 Å². The zero-order valence-electron chi connectivity index (χ0n) is 13.3. The summed E-state index contributed by atoms with van der Waals surface area (Å²) in [6, 6.07) is -1.07. The number of rotatable bonds is 2. The Balaban J connectivity index is 2.21. The van der Waals surface area contributed by atoms with Crippen LogP contribution in [0.5, 0.6) is 0 Å². The number of piperidine rings is 1. The van der Waals surface area contributed by atoms with E-state index in [0.717, 1.165) is 0 Å². The van der Waals surface area contributed by atoms with Crippen molar-refractivity contribution in [1.29, 1.82) is 0 Å². The van der Waals surface area contributed by atoms with Gasteiger partial charge in [-0.1, -0.05) is 34.6 Å². The summed E-state index contributed by atoms with van der Waals surface area (Å²) in [6.45, 7) is 10.7. The lowest BCUT2D eigenvalue weighted by atomic mass is 9.86. The maximum atomic E-state index is 12.6. The van der Waals surface area contributed by atoms with Crippen LogP contribution in [0.4, 0.5) is 0 Å². The van der Waals surface area contributed by atoms with Gasteiger partial charge in [0, 0.05) is 12.5 Å². The first-order valence-electron chi connectivity index (χ1n) is 7.17. The fourth-order valence-corrected chi connectivity index (χ4v) is 3.45. The van der Waals surface area contributed by atoms with E-state index in [1.807, 2.05) is 20.8 Å². The molecule has 0 aromatic rings. The Morgan fingerprint density at radius 3 is 2.35 bits per heavy atom. The standard InChI is InChI=1S/C15H26N2O3/c1-14(2,3)11(16)12(18)17-7-8-9(15(8,4)5)10(17)13(19)20-6/h8-11H,7,16H2,1-6H3/t8-,9-,10-,11+/m0/s1. The summed E-state index contributed by atoms with van der Waals surface area (Å²) >= 11 is 0. The highest BCUT2D eigenvalue weighted by molar-refractivity contribution is 5.89. The number of nitrogens with two attached hydrogens (primary N) is 1. The molecule has 1 aliphatic heterocycles. The van der Waals surface area contributed by atoms with Gasteiger partial charge in [0.15, 0.2) is 0 Å². The number of likely N-dealkylation sites (tertiary alicyclic amines) is 1. The van der Waals surface area contributed by atoms with E-state index >= 15 is 0 Å². The molecule has 0 bridgehead atoms. The predicted molar refractivity (Wildman–Crippen MR) is 75.7 cm³/mol. The average molecular weight is 282 g/mol. The van der Waals surface area contributed by atoms with E-state index in [1.165, 1.54) is 7.11 Å². The normalized spacial score (nSPS) is 32.5. The first kappa shape index (κ1) is 15.3. The van der Waals surface area contributed by atoms with Gasteiger partial charge in [0.25, 0.3) is 0 Å². The van der Waals surface area contributed by atoms with Gasteiger partial charge in [0.05, 0.1) is 13.2 Å². The van der Waals surface area contributed by atoms with Crippen LogP contribution in [0.2, 0.25) is 0 Å². The molecule has 1 saturated heterocycles. The van der Waals surface area contributed by atoms with E-state index in [-0.39, 0.29) is 28.6 Å². The average Bonchev–Trinajstić information content (AvgIpc) is 2.75. The predicted octanol–water partition coefficient (Wildman–Crippen LogP) is 1.02. The molecule has 0 spiro atoms. The monoisotopic (exact) mass is 282 g/mol. The third-order valence-electron chi connectivity index (χ3n) is 5.13. The number of ether oxygens (including phenoxy) is 1. The molecule has 2 rings (SSSR count). The van der Waals surface area contributed by atoms with Crippen LogP contribution in [0.3, 0.4) is 0 Å². The SMILES string of the molecule is COC(=O)[C@@H]1[C@@H]2[C@H](CN1C(=O)[C@@H](N)C(C)(C)C)C2(C)C. The summed E-state index contributed by atoms with van der Waals surface area (Å²) < 4.78 is 4.90. The van der Waals surface area contributed by atoms with Crippen molar-refractivity contribution in [3.05, 3.63) is 0 Å². The number of methoxy groups -OCH3 is 1. The lowest BCUT2D eigenvalue weighted by Gasteiger charge is -2.35. The molecule has 5 heteroatoms. The Kier molecular flexibility index (Phi) is 3.40. The molecule has 2 aliphatic rings. The maximum Gasteiger partial charge on any atom is 0.328 e. The van der Waals surface area contributed by atoms with Crippen LogP contribution in [-0.4, -0.2) is 42.5 Å². The third-order valence-corrected chi connectivity index (χ3v) is 5.13. The van der Waals surface area contributed by atoms with E-state index in [4.69, 9.17) is 10.5 Å². The molecule has 20 heavy (non-hydrogen) atoms. The molecule has 4 atom stereocenters. The van der Waals surface area contributed by atoms with Gasteiger partial charge in [-0.15, -0.1) is 0 Å². The van der Waals surface area contributed by atoms with Crippen LogP contribution < -0.4 is 5.73 Å². The fourth-order valence-electron chi connectivity index (χ4n) is 3.45. The minimum Gasteiger partial charge on any atom is -0.467 e. The van der Waals surface area contributed by atoms with Crippen LogP contribution in [0.15, 0.2) is 0 Å². The Morgan fingerprint density at radius 2 is 1.90 bits per heavy atom. The minimum atomic E-state index is -0.602. The van der Waals surface area contributed by atoms with Gasteiger partial charge in [0.2, 0.25) is 5.91 Å². The van der Waals surface area contributed by atoms with Gasteiger partial charge in [-0.25, -0.2) is 4.79 Å². The molecule has 1 saturated carbocycles. The number of fused-ring (bicyclic) bond motifs is 1. The summed E-state index contributed by atoms with van der Waals surface area (Å²) in [7, 11) is 1.37. The molecule has 0 aromatic carbocycles. The van der Waals surface area contributed by atoms with Crippen molar-refractivity contribution in [3.8, 4) is 0 Å². The maximum absolute atomic E-state index is 12.6. The fraction of sp³-hybridized carbons (Fsp3) is 0.867. The van der Waals surface area contributed by atoms with Crippen LogP contribution >= 0.6 is 0 Å². The number of carbonyl (C=O) groups excluding carboxylic acids is 2. The van der Waals surface area contributed by atoms with Gasteiger partial charge in [-0.05, 0) is 16.7 Å². The summed E-state index contributed by atoms with van der Waals surface area (Å²) in [5.41, 5.74) is 5.86. The number of amides is 1. The first-order chi connectivity index (χ1) is 9.03. The van der Waals surface area contributed by atoms with Gasteiger partial charge in [-0.3, -0.25) is 4.79 Å². The number of esters is 1. The molecule has 0 radical (unpaired) electrons. The summed E-state index contributed by atoms with van der Waals surface area (Å²) in [5, 5.41) is 0. The van der Waals surface area contributed by atoms with Crippen molar-refractivity contribution in [2.45, 2.75) is 46.7 Å². The lowest BCUT2D eigenvalue weighted by Crippen LogP contribution is -2.55. The zero-order valence-corrected chi connectivity index (χ0v) is 13.3. The van der Waals surface area contributed by atoms with E-state index in [0.29, 0.717) is 12.5 Å². The number of hydrogen-bond donors (Lipinski definition) is 1. The summed E-state index contributed by atoms with van der Waals surface area (Å²) in [6.07, 6.45) is 0. The Hall–Kier alpha value is -1.10. The summed E-state index contributed by atoms with van der Waals surface area (Å²) in [5.74, 6) is 0.113. The second-order valence-electron chi connectivity index (χ2n) is 7.76. The molecule has 5 nitrogen and oxygen atoms in total. The zero-order chi connectivity index (χ0) is 15.5. The molecular weight excluding hydrogens is 256 g/mol. The third kappa shape index (κ3) is 2.12. The lowest BCUT2D eigenvalue weighted by molar-refractivity contribution is -0.154. The highest BCUT2D eigenvalue weighted by atomic mass is 16.5. The van der Waals surface area contributed by atoms with Crippen molar-refractivity contribution in [1.82, 2.24) is 4.90 Å². The van der Waals surface area contributed by atoms with Crippen molar-refractivity contribution < 1.29 is 14.3 Å². The van der Waals surface area contributed by atoms with Crippen LogP contribution in [0, 0.1) is 22.7 Å². The molecule has 1 heterocycles. The van der Waals surface area contributed by atoms with Gasteiger partial charge >= 0.3 is 5.97 Å². The smallest absolute Gasteiger partial charge is 0.328 e. The van der Waals surface area contributed by atoms with E-state index in [2.05, 4.69) is 13.8 Å². The Morgan fingerprint density at radius 1 is 1.35 bits per heavy atom. The first-order valence-corrected chi connectivity index (χ1v) is 7.17. The van der Waals surface area contributed by atoms with Crippen LogP contribution in [0.1, 0.15) is 34.6 Å². The van der Waals surface area contributed by atoms with Crippen LogP contribution in [0.25, 0.3) is 0 Å².